The predicted octanol–water partition coefficient (Wildman–Crippen LogP) is 2.54. The molecular weight excluding hydrogens is 244 g/mol. The summed E-state index contributed by atoms with van der Waals surface area (Å²) in [6, 6.07) is 5.30. The van der Waals surface area contributed by atoms with Crippen molar-refractivity contribution in [1.29, 1.82) is 0 Å². The van der Waals surface area contributed by atoms with Crippen LogP contribution in [0.2, 0.25) is 0 Å². The van der Waals surface area contributed by atoms with Gasteiger partial charge in [0, 0.05) is 18.4 Å². The van der Waals surface area contributed by atoms with Crippen molar-refractivity contribution in [2.45, 2.75) is 38.7 Å². The highest BCUT2D eigenvalue weighted by atomic mass is 16.6. The number of methoxy groups -OCH3 is 1. The second kappa shape index (κ2) is 5.03. The second-order valence-electron chi connectivity index (χ2n) is 4.98. The van der Waals surface area contributed by atoms with Crippen LogP contribution in [-0.4, -0.2) is 24.5 Å². The van der Waals surface area contributed by atoms with E-state index in [1.807, 2.05) is 13.0 Å². The highest BCUT2D eigenvalue weighted by Gasteiger charge is 2.44. The molecule has 1 aliphatic rings. The van der Waals surface area contributed by atoms with Crippen LogP contribution < -0.4 is 4.74 Å². The molecule has 1 aromatic carbocycles. The molecule has 0 saturated heterocycles. The lowest BCUT2D eigenvalue weighted by molar-refractivity contribution is -0.153. The highest BCUT2D eigenvalue weighted by molar-refractivity contribution is 6.07. The van der Waals surface area contributed by atoms with Crippen molar-refractivity contribution in [2.75, 3.05) is 7.11 Å². The summed E-state index contributed by atoms with van der Waals surface area (Å²) in [5.74, 6) is 0.253. The van der Waals surface area contributed by atoms with Crippen molar-refractivity contribution in [3.8, 4) is 5.75 Å². The van der Waals surface area contributed by atoms with Crippen LogP contribution in [0.25, 0.3) is 0 Å². The molecule has 0 radical (unpaired) electrons. The summed E-state index contributed by atoms with van der Waals surface area (Å²) in [5, 5.41) is 0. The molecule has 0 spiro atoms. The normalized spacial score (nSPS) is 21.1. The molecule has 0 amide bonds. The first kappa shape index (κ1) is 13.6. The fraction of sp³-hybridized carbons (Fsp3) is 0.467. The average Bonchev–Trinajstić information content (AvgIpc) is 2.61. The molecule has 1 atom stereocenters. The molecular formula is C15H18O4. The summed E-state index contributed by atoms with van der Waals surface area (Å²) < 4.78 is 10.5. The minimum atomic E-state index is -1.07. The number of fused-ring (bicyclic) bond motifs is 1. The fourth-order valence-electron chi connectivity index (χ4n) is 2.38. The van der Waals surface area contributed by atoms with Gasteiger partial charge in [-0.15, -0.1) is 0 Å². The molecule has 0 fully saturated rings. The average molecular weight is 262 g/mol. The predicted molar refractivity (Wildman–Crippen MR) is 70.4 cm³/mol. The van der Waals surface area contributed by atoms with E-state index in [0.29, 0.717) is 30.6 Å². The van der Waals surface area contributed by atoms with Crippen LogP contribution in [0.5, 0.6) is 5.75 Å². The number of benzene rings is 1. The van der Waals surface area contributed by atoms with Gasteiger partial charge in [0.2, 0.25) is 5.78 Å². The Balaban J connectivity index is 2.24. The van der Waals surface area contributed by atoms with Crippen LogP contribution in [0.3, 0.4) is 0 Å². The Morgan fingerprint density at radius 1 is 1.42 bits per heavy atom. The highest BCUT2D eigenvalue weighted by Crippen LogP contribution is 2.35. The molecule has 102 valence electrons. The van der Waals surface area contributed by atoms with E-state index in [2.05, 4.69) is 0 Å². The summed E-state index contributed by atoms with van der Waals surface area (Å²) in [6.07, 6.45) is 1.46. The van der Waals surface area contributed by atoms with E-state index < -0.39 is 5.60 Å². The maximum Gasteiger partial charge on any atom is 0.306 e. The van der Waals surface area contributed by atoms with Crippen molar-refractivity contribution in [3.63, 3.8) is 0 Å². The number of hydrogen-bond acceptors (Lipinski definition) is 4. The quantitative estimate of drug-likeness (QED) is 0.782. The Bertz CT molecular complexity index is 521. The van der Waals surface area contributed by atoms with E-state index >= 15 is 0 Å². The van der Waals surface area contributed by atoms with E-state index in [9.17, 15) is 9.59 Å². The maximum atomic E-state index is 12.3. The van der Waals surface area contributed by atoms with Gasteiger partial charge in [-0.3, -0.25) is 9.59 Å². The zero-order valence-corrected chi connectivity index (χ0v) is 11.5. The monoisotopic (exact) mass is 262 g/mol. The molecule has 0 bridgehead atoms. The van der Waals surface area contributed by atoms with Gasteiger partial charge in [-0.05, 0) is 37.1 Å². The third-order valence-corrected chi connectivity index (χ3v) is 3.36. The van der Waals surface area contributed by atoms with Gasteiger partial charge in [0.05, 0.1) is 7.11 Å². The Kier molecular flexibility index (Phi) is 3.60. The summed E-state index contributed by atoms with van der Waals surface area (Å²) in [4.78, 5) is 24.0. The minimum absolute atomic E-state index is 0.130. The first-order valence-corrected chi connectivity index (χ1v) is 6.43. The molecule has 4 nitrogen and oxygen atoms in total. The van der Waals surface area contributed by atoms with Gasteiger partial charge in [-0.2, -0.15) is 0 Å². The van der Waals surface area contributed by atoms with Gasteiger partial charge in [0.25, 0.3) is 0 Å². The lowest BCUT2D eigenvalue weighted by atomic mass is 10.0. The van der Waals surface area contributed by atoms with Crippen molar-refractivity contribution in [1.82, 2.24) is 0 Å². The molecule has 4 heteroatoms. The van der Waals surface area contributed by atoms with Gasteiger partial charge < -0.3 is 9.47 Å². The number of ether oxygens (including phenoxy) is 2. The third kappa shape index (κ3) is 2.48. The van der Waals surface area contributed by atoms with Crippen LogP contribution in [-0.2, 0) is 16.0 Å². The standard InChI is InChI=1S/C15H18O4/c1-4-5-13(16)19-15(2)9-10-8-11(18-3)6-7-12(10)14(15)17/h6-8H,4-5,9H2,1-3H3. The van der Waals surface area contributed by atoms with Crippen LogP contribution in [0.4, 0.5) is 0 Å². The van der Waals surface area contributed by atoms with E-state index in [1.54, 1.807) is 26.2 Å². The van der Waals surface area contributed by atoms with E-state index in [4.69, 9.17) is 9.47 Å². The van der Waals surface area contributed by atoms with Crippen molar-refractivity contribution in [2.24, 2.45) is 0 Å². The summed E-state index contributed by atoms with van der Waals surface area (Å²) in [7, 11) is 1.58. The maximum absolute atomic E-state index is 12.3. The minimum Gasteiger partial charge on any atom is -0.497 e. The number of ketones is 1. The Morgan fingerprint density at radius 2 is 2.16 bits per heavy atom. The topological polar surface area (TPSA) is 52.6 Å². The van der Waals surface area contributed by atoms with Crippen LogP contribution in [0.15, 0.2) is 18.2 Å². The number of Topliss-reactive ketones (excluding diaryl/α,β-unsaturated/α-hetero) is 1. The molecule has 0 aromatic heterocycles. The van der Waals surface area contributed by atoms with E-state index in [1.165, 1.54) is 0 Å². The summed E-state index contributed by atoms with van der Waals surface area (Å²) in [5.41, 5.74) is 0.421. The molecule has 1 aromatic rings. The molecule has 1 unspecified atom stereocenters. The van der Waals surface area contributed by atoms with Crippen molar-refractivity contribution >= 4 is 11.8 Å². The van der Waals surface area contributed by atoms with Gasteiger partial charge in [0.1, 0.15) is 5.75 Å². The zero-order chi connectivity index (χ0) is 14.0. The van der Waals surface area contributed by atoms with Gasteiger partial charge >= 0.3 is 5.97 Å². The van der Waals surface area contributed by atoms with Crippen molar-refractivity contribution < 1.29 is 19.1 Å². The SMILES string of the molecule is CCCC(=O)OC1(C)Cc2cc(OC)ccc2C1=O. The molecule has 1 aliphatic carbocycles. The van der Waals surface area contributed by atoms with Crippen LogP contribution in [0, 0.1) is 0 Å². The molecule has 0 saturated carbocycles. The number of esters is 1. The van der Waals surface area contributed by atoms with Crippen molar-refractivity contribution in [3.05, 3.63) is 29.3 Å². The molecule has 0 aliphatic heterocycles. The summed E-state index contributed by atoms with van der Waals surface area (Å²) >= 11 is 0. The Hall–Kier alpha value is -1.84. The lowest BCUT2D eigenvalue weighted by Gasteiger charge is -2.22. The zero-order valence-electron chi connectivity index (χ0n) is 11.5. The first-order valence-electron chi connectivity index (χ1n) is 6.43. The number of carbonyl (C=O) groups is 2. The Morgan fingerprint density at radius 3 is 2.79 bits per heavy atom. The third-order valence-electron chi connectivity index (χ3n) is 3.36. The van der Waals surface area contributed by atoms with Crippen LogP contribution in [0.1, 0.15) is 42.6 Å². The van der Waals surface area contributed by atoms with E-state index in [-0.39, 0.29) is 11.8 Å². The fourth-order valence-corrected chi connectivity index (χ4v) is 2.38. The number of rotatable bonds is 4. The number of hydrogen-bond donors (Lipinski definition) is 0. The van der Waals surface area contributed by atoms with Gasteiger partial charge in [0.15, 0.2) is 5.60 Å². The molecule has 19 heavy (non-hydrogen) atoms. The van der Waals surface area contributed by atoms with E-state index in [0.717, 1.165) is 5.56 Å². The summed E-state index contributed by atoms with van der Waals surface area (Å²) in [6.45, 7) is 3.58. The molecule has 0 heterocycles. The number of carbonyl (C=O) groups excluding carboxylic acids is 2. The van der Waals surface area contributed by atoms with Crippen LogP contribution >= 0.6 is 0 Å². The first-order chi connectivity index (χ1) is 9.00. The Labute approximate surface area is 112 Å². The van der Waals surface area contributed by atoms with Gasteiger partial charge in [-0.25, -0.2) is 0 Å². The largest absolute Gasteiger partial charge is 0.497 e. The lowest BCUT2D eigenvalue weighted by Crippen LogP contribution is -2.37. The molecule has 2 rings (SSSR count). The second-order valence-corrected chi connectivity index (χ2v) is 4.98. The smallest absolute Gasteiger partial charge is 0.306 e. The van der Waals surface area contributed by atoms with Gasteiger partial charge in [-0.1, -0.05) is 6.92 Å². The molecule has 0 N–H and O–H groups in total.